The smallest absolute Gasteiger partial charge is 0.259 e. The highest BCUT2D eigenvalue weighted by Gasteiger charge is 2.18. The van der Waals surface area contributed by atoms with Crippen LogP contribution in [0.25, 0.3) is 4.96 Å². The van der Waals surface area contributed by atoms with Crippen LogP contribution < -0.4 is 5.56 Å². The zero-order valence-corrected chi connectivity index (χ0v) is 16.6. The van der Waals surface area contributed by atoms with Gasteiger partial charge in [0.05, 0.1) is 15.7 Å². The number of thiazole rings is 1. The van der Waals surface area contributed by atoms with Crippen LogP contribution in [0.3, 0.4) is 0 Å². The van der Waals surface area contributed by atoms with Crippen LogP contribution in [0.15, 0.2) is 29.1 Å². The summed E-state index contributed by atoms with van der Waals surface area (Å²) in [5, 5.41) is 1.14. The van der Waals surface area contributed by atoms with Crippen molar-refractivity contribution in [2.75, 3.05) is 0 Å². The van der Waals surface area contributed by atoms with Gasteiger partial charge >= 0.3 is 0 Å². The summed E-state index contributed by atoms with van der Waals surface area (Å²) in [6.45, 7) is 0. The maximum atomic E-state index is 12.5. The van der Waals surface area contributed by atoms with E-state index >= 15 is 0 Å². The third-order valence-electron chi connectivity index (χ3n) is 4.32. The van der Waals surface area contributed by atoms with Crippen molar-refractivity contribution in [3.8, 4) is 0 Å². The second-order valence-corrected chi connectivity index (χ2v) is 8.99. The molecule has 0 unspecified atom stereocenters. The van der Waals surface area contributed by atoms with Crippen molar-refractivity contribution in [2.45, 2.75) is 37.2 Å². The van der Waals surface area contributed by atoms with Gasteiger partial charge in [-0.2, -0.15) is 11.8 Å². The molecule has 7 heteroatoms. The minimum absolute atomic E-state index is 0.0505. The molecular weight excluding hydrogens is 395 g/mol. The van der Waals surface area contributed by atoms with Gasteiger partial charge in [0.1, 0.15) is 0 Å². The van der Waals surface area contributed by atoms with Gasteiger partial charge < -0.3 is 0 Å². The summed E-state index contributed by atoms with van der Waals surface area (Å²) in [6.07, 6.45) is 4.43. The first kappa shape index (κ1) is 17.4. The first-order valence-electron chi connectivity index (χ1n) is 8.17. The van der Waals surface area contributed by atoms with Gasteiger partial charge in [0.15, 0.2) is 4.96 Å². The van der Waals surface area contributed by atoms with Crippen molar-refractivity contribution in [3.05, 3.63) is 66.5 Å². The Morgan fingerprint density at radius 3 is 2.80 bits per heavy atom. The van der Waals surface area contributed by atoms with Gasteiger partial charge in [0.2, 0.25) is 0 Å². The lowest BCUT2D eigenvalue weighted by Crippen LogP contribution is -2.17. The first-order valence-corrected chi connectivity index (χ1v) is 10.9. The standard InChI is InChI=1S/C18H16Cl2N2OS2/c19-13-6-5-11(7-14(13)20)9-24-10-12-8-17(23)22-15-3-1-2-4-16(15)25-18(22)21-12/h5-8H,1-4,9-10H2. The number of halogens is 2. The van der Waals surface area contributed by atoms with Gasteiger partial charge in [-0.1, -0.05) is 29.3 Å². The Morgan fingerprint density at radius 1 is 1.12 bits per heavy atom. The molecule has 2 aromatic heterocycles. The normalized spacial score (nSPS) is 14.0. The summed E-state index contributed by atoms with van der Waals surface area (Å²) in [4.78, 5) is 19.4. The molecule has 0 atom stereocenters. The minimum atomic E-state index is 0.0505. The summed E-state index contributed by atoms with van der Waals surface area (Å²) >= 11 is 15.4. The van der Waals surface area contributed by atoms with Gasteiger partial charge in [-0.25, -0.2) is 4.98 Å². The van der Waals surface area contributed by atoms with Crippen LogP contribution in [0.2, 0.25) is 10.0 Å². The van der Waals surface area contributed by atoms with Crippen molar-refractivity contribution in [2.24, 2.45) is 0 Å². The minimum Gasteiger partial charge on any atom is -0.269 e. The molecule has 1 aromatic carbocycles. The Kier molecular flexibility index (Phi) is 5.09. The largest absolute Gasteiger partial charge is 0.269 e. The van der Waals surface area contributed by atoms with E-state index in [0.717, 1.165) is 41.2 Å². The van der Waals surface area contributed by atoms with Crippen LogP contribution in [-0.2, 0) is 24.3 Å². The number of aromatic nitrogens is 2. The summed E-state index contributed by atoms with van der Waals surface area (Å²) in [7, 11) is 0. The molecule has 25 heavy (non-hydrogen) atoms. The van der Waals surface area contributed by atoms with E-state index in [2.05, 4.69) is 0 Å². The zero-order valence-electron chi connectivity index (χ0n) is 13.4. The molecule has 0 bridgehead atoms. The lowest BCUT2D eigenvalue weighted by molar-refractivity contribution is 0.670. The number of thioether (sulfide) groups is 1. The molecule has 0 radical (unpaired) electrons. The van der Waals surface area contributed by atoms with Gasteiger partial charge in [0.25, 0.3) is 5.56 Å². The van der Waals surface area contributed by atoms with Gasteiger partial charge in [-0.3, -0.25) is 9.20 Å². The van der Waals surface area contributed by atoms with E-state index in [1.165, 1.54) is 17.0 Å². The number of benzene rings is 1. The number of rotatable bonds is 4. The topological polar surface area (TPSA) is 34.4 Å². The zero-order chi connectivity index (χ0) is 17.4. The van der Waals surface area contributed by atoms with Crippen LogP contribution in [0.1, 0.15) is 34.7 Å². The van der Waals surface area contributed by atoms with Gasteiger partial charge in [0, 0.05) is 28.1 Å². The number of fused-ring (bicyclic) bond motifs is 3. The maximum absolute atomic E-state index is 12.5. The average Bonchev–Trinajstić information content (AvgIpc) is 2.97. The Labute approximate surface area is 164 Å². The molecule has 3 nitrogen and oxygen atoms in total. The Bertz CT molecular complexity index is 997. The fraction of sp³-hybridized carbons (Fsp3) is 0.333. The highest BCUT2D eigenvalue weighted by molar-refractivity contribution is 7.97. The molecule has 0 amide bonds. The van der Waals surface area contributed by atoms with Crippen molar-refractivity contribution in [3.63, 3.8) is 0 Å². The van der Waals surface area contributed by atoms with Crippen molar-refractivity contribution in [1.82, 2.24) is 9.38 Å². The van der Waals surface area contributed by atoms with E-state index in [0.29, 0.717) is 15.8 Å². The molecule has 1 aliphatic carbocycles. The van der Waals surface area contributed by atoms with Gasteiger partial charge in [-0.05, 0) is 43.4 Å². The Balaban J connectivity index is 1.52. The second-order valence-electron chi connectivity index (χ2n) is 6.12. The molecule has 0 saturated carbocycles. The van der Waals surface area contributed by atoms with Crippen LogP contribution in [0, 0.1) is 0 Å². The van der Waals surface area contributed by atoms with Crippen LogP contribution in [0.4, 0.5) is 0 Å². The Morgan fingerprint density at radius 2 is 1.96 bits per heavy atom. The number of hydrogen-bond acceptors (Lipinski definition) is 4. The molecule has 0 saturated heterocycles. The number of nitrogens with zero attached hydrogens (tertiary/aromatic N) is 2. The predicted octanol–water partition coefficient (Wildman–Crippen LogP) is 5.38. The summed E-state index contributed by atoms with van der Waals surface area (Å²) in [6, 6.07) is 7.35. The fourth-order valence-corrected chi connectivity index (χ4v) is 5.55. The van der Waals surface area contributed by atoms with E-state index in [1.54, 1.807) is 29.2 Å². The van der Waals surface area contributed by atoms with E-state index in [4.69, 9.17) is 28.2 Å². The monoisotopic (exact) mass is 410 g/mol. The van der Waals surface area contributed by atoms with Crippen molar-refractivity contribution in [1.29, 1.82) is 0 Å². The van der Waals surface area contributed by atoms with E-state index in [-0.39, 0.29) is 5.56 Å². The third kappa shape index (κ3) is 3.61. The van der Waals surface area contributed by atoms with Crippen molar-refractivity contribution < 1.29 is 0 Å². The molecular formula is C18H16Cl2N2OS2. The second kappa shape index (κ2) is 7.31. The summed E-state index contributed by atoms with van der Waals surface area (Å²) < 4.78 is 1.81. The highest BCUT2D eigenvalue weighted by Crippen LogP contribution is 2.29. The first-order chi connectivity index (χ1) is 12.1. The van der Waals surface area contributed by atoms with E-state index in [9.17, 15) is 4.79 Å². The molecule has 4 rings (SSSR count). The molecule has 3 aromatic rings. The molecule has 1 aliphatic rings. The molecule has 0 N–H and O–H groups in total. The SMILES string of the molecule is O=c1cc(CSCc2ccc(Cl)c(Cl)c2)nc2sc3c(n12)CCCC3. The highest BCUT2D eigenvalue weighted by atomic mass is 35.5. The van der Waals surface area contributed by atoms with Crippen LogP contribution in [0.5, 0.6) is 0 Å². The molecule has 2 heterocycles. The van der Waals surface area contributed by atoms with Crippen LogP contribution >= 0.6 is 46.3 Å². The maximum Gasteiger partial charge on any atom is 0.259 e. The lowest BCUT2D eigenvalue weighted by atomic mass is 10.0. The number of aryl methyl sites for hydroxylation is 2. The Hall–Kier alpha value is -1.01. The molecule has 0 aliphatic heterocycles. The predicted molar refractivity (Wildman–Crippen MR) is 107 cm³/mol. The molecule has 130 valence electrons. The summed E-state index contributed by atoms with van der Waals surface area (Å²) in [5.41, 5.74) is 3.19. The summed E-state index contributed by atoms with van der Waals surface area (Å²) in [5.74, 6) is 1.51. The quantitative estimate of drug-likeness (QED) is 0.579. The fourth-order valence-electron chi connectivity index (χ4n) is 3.12. The molecule has 0 fully saturated rings. The van der Waals surface area contributed by atoms with Crippen molar-refractivity contribution >= 4 is 51.3 Å². The average molecular weight is 411 g/mol. The van der Waals surface area contributed by atoms with Crippen LogP contribution in [-0.4, -0.2) is 9.38 Å². The van der Waals surface area contributed by atoms with E-state index < -0.39 is 0 Å². The number of hydrogen-bond donors (Lipinski definition) is 0. The lowest BCUT2D eigenvalue weighted by Gasteiger charge is -2.10. The van der Waals surface area contributed by atoms with Gasteiger partial charge in [-0.15, -0.1) is 11.3 Å². The molecule has 0 spiro atoms. The van der Waals surface area contributed by atoms with E-state index in [1.807, 2.05) is 22.6 Å². The third-order valence-corrected chi connectivity index (χ3v) is 7.24.